The molecule has 0 bridgehead atoms. The van der Waals surface area contributed by atoms with Crippen molar-refractivity contribution in [3.63, 3.8) is 0 Å². The number of nitrogens with zero attached hydrogens (tertiary/aromatic N) is 2. The van der Waals surface area contributed by atoms with E-state index in [1.165, 1.54) is 6.20 Å². The Morgan fingerprint density at radius 2 is 2.32 bits per heavy atom. The molecule has 1 saturated carbocycles. The number of aromatic nitrogens is 3. The van der Waals surface area contributed by atoms with Crippen molar-refractivity contribution in [2.45, 2.75) is 31.4 Å². The summed E-state index contributed by atoms with van der Waals surface area (Å²) in [7, 11) is 0. The van der Waals surface area contributed by atoms with Crippen LogP contribution in [-0.4, -0.2) is 38.3 Å². The third-order valence-corrected chi connectivity index (χ3v) is 4.30. The maximum absolute atomic E-state index is 12.3. The highest BCUT2D eigenvalue weighted by molar-refractivity contribution is 6.33. The number of halogens is 1. The number of pyridine rings is 1. The van der Waals surface area contributed by atoms with Crippen LogP contribution in [0.1, 0.15) is 29.0 Å². The minimum atomic E-state index is -0.287. The third kappa shape index (κ3) is 3.28. The smallest absolute Gasteiger partial charge is 0.271 e. The Balaban J connectivity index is 1.71. The van der Waals surface area contributed by atoms with E-state index < -0.39 is 0 Å². The largest absolute Gasteiger partial charge is 0.393 e. The van der Waals surface area contributed by atoms with Gasteiger partial charge in [0.05, 0.1) is 17.3 Å². The molecule has 1 aliphatic rings. The number of aromatic amines is 1. The van der Waals surface area contributed by atoms with Crippen molar-refractivity contribution in [1.82, 2.24) is 20.5 Å². The van der Waals surface area contributed by atoms with Crippen molar-refractivity contribution >= 4 is 17.5 Å². The molecule has 2 heterocycles. The summed E-state index contributed by atoms with van der Waals surface area (Å²) in [4.78, 5) is 16.6. The van der Waals surface area contributed by atoms with E-state index in [1.807, 2.05) is 18.2 Å². The Bertz CT molecular complexity index is 640. The maximum atomic E-state index is 12.3. The van der Waals surface area contributed by atoms with E-state index in [0.717, 1.165) is 5.69 Å². The number of aliphatic hydroxyl groups is 1. The molecule has 0 radical (unpaired) electrons. The molecule has 1 amide bonds. The highest BCUT2D eigenvalue weighted by atomic mass is 35.5. The Kier molecular flexibility index (Phi) is 4.40. The zero-order chi connectivity index (χ0) is 15.5. The minimum absolute atomic E-state index is 0.0924. The van der Waals surface area contributed by atoms with Crippen molar-refractivity contribution in [1.29, 1.82) is 0 Å². The summed E-state index contributed by atoms with van der Waals surface area (Å²) in [6.45, 7) is 0. The molecule has 2 aromatic heterocycles. The van der Waals surface area contributed by atoms with E-state index >= 15 is 0 Å². The molecule has 0 unspecified atom stereocenters. The Labute approximate surface area is 132 Å². The molecule has 7 heteroatoms. The zero-order valence-corrected chi connectivity index (χ0v) is 12.6. The van der Waals surface area contributed by atoms with Crippen molar-refractivity contribution < 1.29 is 9.90 Å². The molecular weight excluding hydrogens is 304 g/mol. The second-order valence-corrected chi connectivity index (χ2v) is 5.99. The molecule has 6 nitrogen and oxygen atoms in total. The lowest BCUT2D eigenvalue weighted by Gasteiger charge is -2.38. The SMILES string of the molecule is O=C(N[C@H](Cc1ccccn1)C1CC(O)C1)c1[nH]ncc1Cl. The summed E-state index contributed by atoms with van der Waals surface area (Å²) < 4.78 is 0. The van der Waals surface area contributed by atoms with E-state index in [2.05, 4.69) is 20.5 Å². The number of H-pyrrole nitrogens is 1. The summed E-state index contributed by atoms with van der Waals surface area (Å²) in [5, 5.41) is 19.2. The topological polar surface area (TPSA) is 90.9 Å². The first-order chi connectivity index (χ1) is 10.6. The first kappa shape index (κ1) is 15.0. The summed E-state index contributed by atoms with van der Waals surface area (Å²) in [6, 6.07) is 5.61. The molecule has 1 atom stereocenters. The Morgan fingerprint density at radius 1 is 1.50 bits per heavy atom. The molecule has 1 fully saturated rings. The number of rotatable bonds is 5. The molecule has 3 rings (SSSR count). The maximum Gasteiger partial charge on any atom is 0.271 e. The predicted octanol–water partition coefficient (Wildman–Crippen LogP) is 1.57. The van der Waals surface area contributed by atoms with Crippen LogP contribution in [0.3, 0.4) is 0 Å². The molecule has 22 heavy (non-hydrogen) atoms. The monoisotopic (exact) mass is 320 g/mol. The highest BCUT2D eigenvalue weighted by Crippen LogP contribution is 2.31. The van der Waals surface area contributed by atoms with Gasteiger partial charge in [-0.2, -0.15) is 5.10 Å². The van der Waals surface area contributed by atoms with Crippen molar-refractivity contribution in [2.24, 2.45) is 5.92 Å². The number of aliphatic hydroxyl groups excluding tert-OH is 1. The van der Waals surface area contributed by atoms with Gasteiger partial charge >= 0.3 is 0 Å². The average molecular weight is 321 g/mol. The number of carbonyl (C=O) groups excluding carboxylic acids is 1. The van der Waals surface area contributed by atoms with Gasteiger partial charge in [-0.05, 0) is 30.9 Å². The van der Waals surface area contributed by atoms with Crippen LogP contribution in [0.25, 0.3) is 0 Å². The second-order valence-electron chi connectivity index (χ2n) is 5.58. The average Bonchev–Trinajstić information content (AvgIpc) is 2.91. The fraction of sp³-hybridized carbons (Fsp3) is 0.400. The molecule has 1 aliphatic carbocycles. The van der Waals surface area contributed by atoms with Crippen LogP contribution in [-0.2, 0) is 6.42 Å². The third-order valence-electron chi connectivity index (χ3n) is 4.01. The van der Waals surface area contributed by atoms with Gasteiger partial charge in [0.2, 0.25) is 0 Å². The number of carbonyl (C=O) groups is 1. The van der Waals surface area contributed by atoms with Gasteiger partial charge in [-0.15, -0.1) is 0 Å². The molecule has 2 aromatic rings. The fourth-order valence-electron chi connectivity index (χ4n) is 2.71. The van der Waals surface area contributed by atoms with E-state index in [-0.39, 0.29) is 29.7 Å². The number of nitrogens with one attached hydrogen (secondary N) is 2. The molecule has 0 aliphatic heterocycles. The Morgan fingerprint density at radius 3 is 2.91 bits per heavy atom. The van der Waals surface area contributed by atoms with Crippen LogP contribution >= 0.6 is 11.6 Å². The van der Waals surface area contributed by atoms with Gasteiger partial charge in [-0.3, -0.25) is 14.9 Å². The first-order valence-corrected chi connectivity index (χ1v) is 7.59. The van der Waals surface area contributed by atoms with Gasteiger partial charge in [0, 0.05) is 24.4 Å². The first-order valence-electron chi connectivity index (χ1n) is 7.21. The summed E-state index contributed by atoms with van der Waals surface area (Å²) >= 11 is 5.92. The molecule has 0 saturated heterocycles. The van der Waals surface area contributed by atoms with Crippen LogP contribution in [0.4, 0.5) is 0 Å². The minimum Gasteiger partial charge on any atom is -0.393 e. The standard InChI is InChI=1S/C15H17ClN4O2/c16-12-8-18-20-14(12)15(22)19-13(9-5-11(21)6-9)7-10-3-1-2-4-17-10/h1-4,8-9,11,13,21H,5-7H2,(H,18,20)(H,19,22)/t9?,11?,13-/m1/s1. The lowest BCUT2D eigenvalue weighted by molar-refractivity contribution is 0.0237. The van der Waals surface area contributed by atoms with Gasteiger partial charge < -0.3 is 10.4 Å². The van der Waals surface area contributed by atoms with E-state index in [1.54, 1.807) is 6.20 Å². The summed E-state index contributed by atoms with van der Waals surface area (Å²) in [5.41, 5.74) is 1.16. The van der Waals surface area contributed by atoms with Crippen LogP contribution in [0.5, 0.6) is 0 Å². The van der Waals surface area contributed by atoms with Gasteiger partial charge in [0.1, 0.15) is 5.69 Å². The quantitative estimate of drug-likeness (QED) is 0.780. The van der Waals surface area contributed by atoms with Crippen molar-refractivity contribution in [3.05, 3.63) is 47.0 Å². The lowest BCUT2D eigenvalue weighted by Crippen LogP contribution is -2.48. The molecule has 116 valence electrons. The van der Waals surface area contributed by atoms with Gasteiger partial charge in [-0.25, -0.2) is 0 Å². The normalized spacial score (nSPS) is 21.9. The number of hydrogen-bond acceptors (Lipinski definition) is 4. The lowest BCUT2D eigenvalue weighted by atomic mass is 9.76. The van der Waals surface area contributed by atoms with E-state index in [9.17, 15) is 9.90 Å². The molecule has 0 spiro atoms. The summed E-state index contributed by atoms with van der Waals surface area (Å²) in [6.07, 6.45) is 4.86. The Hall–Kier alpha value is -1.92. The van der Waals surface area contributed by atoms with Crippen LogP contribution < -0.4 is 5.32 Å². The number of amides is 1. The van der Waals surface area contributed by atoms with Crippen LogP contribution in [0, 0.1) is 5.92 Å². The molecular formula is C15H17ClN4O2. The summed E-state index contributed by atoms with van der Waals surface area (Å²) in [5.74, 6) is -0.0486. The highest BCUT2D eigenvalue weighted by Gasteiger charge is 2.35. The van der Waals surface area contributed by atoms with Gasteiger partial charge in [-0.1, -0.05) is 17.7 Å². The van der Waals surface area contributed by atoms with Gasteiger partial charge in [0.25, 0.3) is 5.91 Å². The van der Waals surface area contributed by atoms with Crippen LogP contribution in [0.2, 0.25) is 5.02 Å². The predicted molar refractivity (Wildman–Crippen MR) is 81.5 cm³/mol. The van der Waals surface area contributed by atoms with Crippen molar-refractivity contribution in [2.75, 3.05) is 0 Å². The van der Waals surface area contributed by atoms with Gasteiger partial charge in [0.15, 0.2) is 0 Å². The second kappa shape index (κ2) is 6.46. The fourth-order valence-corrected chi connectivity index (χ4v) is 2.89. The zero-order valence-electron chi connectivity index (χ0n) is 11.9. The molecule has 3 N–H and O–H groups in total. The van der Waals surface area contributed by atoms with E-state index in [4.69, 9.17) is 11.6 Å². The van der Waals surface area contributed by atoms with E-state index in [0.29, 0.717) is 24.3 Å². The van der Waals surface area contributed by atoms with Crippen LogP contribution in [0.15, 0.2) is 30.6 Å². The van der Waals surface area contributed by atoms with Crippen molar-refractivity contribution in [3.8, 4) is 0 Å². The molecule has 0 aromatic carbocycles. The number of hydrogen-bond donors (Lipinski definition) is 3.